The predicted octanol–water partition coefficient (Wildman–Crippen LogP) is 2.90. The molecule has 0 radical (unpaired) electrons. The van der Waals surface area contributed by atoms with Gasteiger partial charge in [-0.25, -0.2) is 4.79 Å². The average Bonchev–Trinajstić information content (AvgIpc) is 2.57. The van der Waals surface area contributed by atoms with Crippen LogP contribution in [-0.2, 0) is 10.5 Å². The fourth-order valence-electron chi connectivity index (χ4n) is 2.49. The van der Waals surface area contributed by atoms with Gasteiger partial charge in [0.15, 0.2) is 5.92 Å². The van der Waals surface area contributed by atoms with Gasteiger partial charge < -0.3 is 0 Å². The standard InChI is InChI=1S/C16H15BrN3O2S/c1-19-14-13(15(21)20(2)16(19)22)12(7-8-18-14)23-9-10-3-5-11(17)6-4-10/h3-8,13H,9H2,1-2H3/q+1. The maximum Gasteiger partial charge on any atom is 0.445 e. The monoisotopic (exact) mass is 392 g/mol. The van der Waals surface area contributed by atoms with Crippen LogP contribution in [-0.4, -0.2) is 47.6 Å². The van der Waals surface area contributed by atoms with E-state index >= 15 is 0 Å². The highest BCUT2D eigenvalue weighted by Gasteiger charge is 2.46. The van der Waals surface area contributed by atoms with Crippen molar-refractivity contribution >= 4 is 51.7 Å². The minimum absolute atomic E-state index is 0.227. The SMILES string of the molecule is CN1C(=O)C2C(SCc3ccc(Br)cc3)=CC=NC2=[N+](C)C1=O. The van der Waals surface area contributed by atoms with Gasteiger partial charge in [0.25, 0.3) is 5.84 Å². The third kappa shape index (κ3) is 3.03. The van der Waals surface area contributed by atoms with E-state index in [4.69, 9.17) is 0 Å². The number of amidine groups is 1. The number of dihydropyridines is 1. The number of amides is 3. The van der Waals surface area contributed by atoms with Gasteiger partial charge in [0.2, 0.25) is 0 Å². The number of allylic oxidation sites excluding steroid dienone is 1. The molecule has 1 unspecified atom stereocenters. The molecule has 1 atom stereocenters. The molecular formula is C16H15BrN3O2S+. The molecule has 2 heterocycles. The first kappa shape index (κ1) is 16.1. The number of imide groups is 1. The van der Waals surface area contributed by atoms with Gasteiger partial charge in [0.1, 0.15) is 6.21 Å². The van der Waals surface area contributed by atoms with Gasteiger partial charge in [-0.3, -0.25) is 4.79 Å². The van der Waals surface area contributed by atoms with E-state index in [0.717, 1.165) is 20.0 Å². The zero-order chi connectivity index (χ0) is 16.6. The zero-order valence-electron chi connectivity index (χ0n) is 12.7. The molecule has 1 aromatic rings. The lowest BCUT2D eigenvalue weighted by Gasteiger charge is -2.26. The van der Waals surface area contributed by atoms with Crippen molar-refractivity contribution in [2.45, 2.75) is 5.75 Å². The molecule has 0 bridgehead atoms. The van der Waals surface area contributed by atoms with Crippen molar-refractivity contribution in [1.29, 1.82) is 0 Å². The van der Waals surface area contributed by atoms with Crippen molar-refractivity contribution in [2.75, 3.05) is 14.1 Å². The molecule has 7 heteroatoms. The quantitative estimate of drug-likeness (QED) is 0.743. The summed E-state index contributed by atoms with van der Waals surface area (Å²) >= 11 is 5.02. The van der Waals surface area contributed by atoms with Crippen molar-refractivity contribution in [3.8, 4) is 0 Å². The van der Waals surface area contributed by atoms with Gasteiger partial charge in [-0.1, -0.05) is 28.1 Å². The van der Waals surface area contributed by atoms with Crippen LogP contribution in [0.2, 0.25) is 0 Å². The highest BCUT2D eigenvalue weighted by molar-refractivity contribution is 9.10. The number of halogens is 1. The van der Waals surface area contributed by atoms with Gasteiger partial charge in [0, 0.05) is 15.1 Å². The molecule has 0 saturated carbocycles. The lowest BCUT2D eigenvalue weighted by atomic mass is 10.0. The first-order chi connectivity index (χ1) is 11.0. The Morgan fingerprint density at radius 3 is 2.70 bits per heavy atom. The topological polar surface area (TPSA) is 52.8 Å². The van der Waals surface area contributed by atoms with Crippen LogP contribution < -0.4 is 0 Å². The van der Waals surface area contributed by atoms with Crippen molar-refractivity contribution in [3.63, 3.8) is 0 Å². The normalized spacial score (nSPS) is 20.7. The smallest absolute Gasteiger partial charge is 0.255 e. The molecule has 118 valence electrons. The van der Waals surface area contributed by atoms with Gasteiger partial charge in [0.05, 0.1) is 14.1 Å². The molecule has 0 aromatic heterocycles. The summed E-state index contributed by atoms with van der Waals surface area (Å²) in [4.78, 5) is 30.8. The number of carbonyl (C=O) groups excluding carboxylic acids is 2. The number of benzene rings is 1. The number of hydrogen-bond acceptors (Lipinski definition) is 4. The molecule has 5 nitrogen and oxygen atoms in total. The minimum atomic E-state index is -0.492. The summed E-state index contributed by atoms with van der Waals surface area (Å²) in [6.45, 7) is 0. The van der Waals surface area contributed by atoms with Crippen LogP contribution in [0, 0.1) is 5.92 Å². The Morgan fingerprint density at radius 1 is 1.30 bits per heavy atom. The van der Waals surface area contributed by atoms with Crippen LogP contribution in [0.5, 0.6) is 0 Å². The maximum absolute atomic E-state index is 12.5. The Balaban J connectivity index is 1.84. The molecule has 2 aliphatic heterocycles. The second-order valence-electron chi connectivity index (χ2n) is 5.29. The third-order valence-corrected chi connectivity index (χ3v) is 5.51. The molecule has 0 fully saturated rings. The highest BCUT2D eigenvalue weighted by Crippen LogP contribution is 2.33. The summed E-state index contributed by atoms with van der Waals surface area (Å²) in [5.74, 6) is 0.535. The molecule has 23 heavy (non-hydrogen) atoms. The van der Waals surface area contributed by atoms with Crippen molar-refractivity contribution < 1.29 is 14.2 Å². The number of rotatable bonds is 3. The fraction of sp³-hybridized carbons (Fsp3) is 0.250. The largest absolute Gasteiger partial charge is 0.445 e. The van der Waals surface area contributed by atoms with Crippen LogP contribution >= 0.6 is 27.7 Å². The molecule has 0 N–H and O–H groups in total. The number of nitrogens with zero attached hydrogens (tertiary/aromatic N) is 3. The highest BCUT2D eigenvalue weighted by atomic mass is 79.9. The Kier molecular flexibility index (Phi) is 4.50. The van der Waals surface area contributed by atoms with Crippen LogP contribution in [0.1, 0.15) is 5.56 Å². The van der Waals surface area contributed by atoms with Crippen LogP contribution in [0.4, 0.5) is 4.79 Å². The Hall–Kier alpha value is -1.73. The number of thioether (sulfide) groups is 1. The van der Waals surface area contributed by atoms with Crippen molar-refractivity contribution in [1.82, 2.24) is 4.90 Å². The number of carbonyl (C=O) groups is 2. The Morgan fingerprint density at radius 2 is 2.00 bits per heavy atom. The van der Waals surface area contributed by atoms with E-state index in [-0.39, 0.29) is 11.9 Å². The van der Waals surface area contributed by atoms with E-state index in [9.17, 15) is 9.59 Å². The number of aliphatic imine (C=N–C) groups is 1. The van der Waals surface area contributed by atoms with E-state index in [1.165, 1.54) is 17.2 Å². The van der Waals surface area contributed by atoms with E-state index in [1.54, 1.807) is 25.0 Å². The summed E-state index contributed by atoms with van der Waals surface area (Å²) in [5.41, 5.74) is 1.17. The Labute approximate surface area is 146 Å². The molecule has 2 aliphatic rings. The number of fused-ring (bicyclic) bond motifs is 1. The first-order valence-electron chi connectivity index (χ1n) is 7.02. The fourth-order valence-corrected chi connectivity index (χ4v) is 3.81. The van der Waals surface area contributed by atoms with Gasteiger partial charge >= 0.3 is 11.9 Å². The summed E-state index contributed by atoms with van der Waals surface area (Å²) in [5, 5.41) is 0. The first-order valence-corrected chi connectivity index (χ1v) is 8.80. The van der Waals surface area contributed by atoms with E-state index in [1.807, 2.05) is 30.3 Å². The zero-order valence-corrected chi connectivity index (χ0v) is 15.1. The molecule has 0 aliphatic carbocycles. The van der Waals surface area contributed by atoms with Crippen LogP contribution in [0.3, 0.4) is 0 Å². The maximum atomic E-state index is 12.5. The number of hydrogen-bond donors (Lipinski definition) is 0. The van der Waals surface area contributed by atoms with Gasteiger partial charge in [-0.05, 0) is 23.8 Å². The van der Waals surface area contributed by atoms with Gasteiger partial charge in [-0.15, -0.1) is 16.8 Å². The van der Waals surface area contributed by atoms with Crippen LogP contribution in [0.25, 0.3) is 0 Å². The van der Waals surface area contributed by atoms with Crippen molar-refractivity contribution in [3.05, 3.63) is 45.3 Å². The van der Waals surface area contributed by atoms with Gasteiger partial charge in [-0.2, -0.15) is 9.48 Å². The van der Waals surface area contributed by atoms with E-state index in [0.29, 0.717) is 5.84 Å². The van der Waals surface area contributed by atoms with Crippen LogP contribution in [0.15, 0.2) is 44.7 Å². The third-order valence-electron chi connectivity index (χ3n) is 3.80. The Bertz CT molecular complexity index is 768. The number of urea groups is 1. The predicted molar refractivity (Wildman–Crippen MR) is 94.9 cm³/mol. The summed E-state index contributed by atoms with van der Waals surface area (Å²) < 4.78 is 2.48. The van der Waals surface area contributed by atoms with E-state index < -0.39 is 5.92 Å². The molecular weight excluding hydrogens is 378 g/mol. The summed E-state index contributed by atoms with van der Waals surface area (Å²) in [6, 6.07) is 7.73. The molecule has 3 amide bonds. The molecule has 0 saturated heterocycles. The second kappa shape index (κ2) is 6.41. The van der Waals surface area contributed by atoms with Crippen molar-refractivity contribution in [2.24, 2.45) is 10.9 Å². The van der Waals surface area contributed by atoms with E-state index in [2.05, 4.69) is 20.9 Å². The molecule has 0 spiro atoms. The lowest BCUT2D eigenvalue weighted by Crippen LogP contribution is -2.52. The minimum Gasteiger partial charge on any atom is -0.255 e. The lowest BCUT2D eigenvalue weighted by molar-refractivity contribution is -0.407. The second-order valence-corrected chi connectivity index (χ2v) is 7.26. The average molecular weight is 393 g/mol. The molecule has 1 aromatic carbocycles. The molecule has 3 rings (SSSR count). The summed E-state index contributed by atoms with van der Waals surface area (Å²) in [7, 11) is 3.15. The summed E-state index contributed by atoms with van der Waals surface area (Å²) in [6.07, 6.45) is 3.51.